The summed E-state index contributed by atoms with van der Waals surface area (Å²) in [4.78, 5) is 0. The number of hydrogen-bond acceptors (Lipinski definition) is 4. The summed E-state index contributed by atoms with van der Waals surface area (Å²) in [5.41, 5.74) is 6.07. The Morgan fingerprint density at radius 1 is 1.08 bits per heavy atom. The first-order valence-electron chi connectivity index (χ1n) is 4.68. The molecule has 0 radical (unpaired) electrons. The van der Waals surface area contributed by atoms with Crippen molar-refractivity contribution in [1.82, 2.24) is 21.3 Å². The van der Waals surface area contributed by atoms with E-state index in [0.29, 0.717) is 0 Å². The predicted molar refractivity (Wildman–Crippen MR) is 52.6 cm³/mol. The summed E-state index contributed by atoms with van der Waals surface area (Å²) < 4.78 is 0. The minimum atomic E-state index is 1.02. The van der Waals surface area contributed by atoms with E-state index in [9.17, 15) is 0 Å². The molecule has 0 fully saturated rings. The van der Waals surface area contributed by atoms with Gasteiger partial charge in [0.2, 0.25) is 0 Å². The SMILES string of the molecule is CCCNCCCN(NC)NC. The van der Waals surface area contributed by atoms with Crippen LogP contribution in [0.5, 0.6) is 0 Å². The van der Waals surface area contributed by atoms with Gasteiger partial charge in [0.05, 0.1) is 0 Å². The maximum absolute atomic E-state index is 3.36. The molecule has 0 spiro atoms. The Labute approximate surface area is 75.6 Å². The Hall–Kier alpha value is -0.160. The normalized spacial score (nSPS) is 11.0. The minimum absolute atomic E-state index is 1.02. The molecule has 12 heavy (non-hydrogen) atoms. The van der Waals surface area contributed by atoms with Gasteiger partial charge in [-0.25, -0.2) is 10.9 Å². The van der Waals surface area contributed by atoms with E-state index in [1.165, 1.54) is 6.42 Å². The van der Waals surface area contributed by atoms with Gasteiger partial charge in [-0.15, -0.1) is 0 Å². The second-order valence-electron chi connectivity index (χ2n) is 2.70. The molecule has 0 rings (SSSR count). The highest BCUT2D eigenvalue weighted by Gasteiger charge is 1.95. The topological polar surface area (TPSA) is 39.3 Å². The molecule has 3 N–H and O–H groups in total. The highest BCUT2D eigenvalue weighted by atomic mass is 15.7. The molecule has 4 nitrogen and oxygen atoms in total. The van der Waals surface area contributed by atoms with Gasteiger partial charge < -0.3 is 5.32 Å². The van der Waals surface area contributed by atoms with E-state index in [4.69, 9.17) is 0 Å². The summed E-state index contributed by atoms with van der Waals surface area (Å²) in [7, 11) is 3.83. The maximum atomic E-state index is 3.36. The third-order valence-corrected chi connectivity index (χ3v) is 1.70. The molecule has 0 unspecified atom stereocenters. The van der Waals surface area contributed by atoms with Crippen molar-refractivity contribution in [3.8, 4) is 0 Å². The van der Waals surface area contributed by atoms with Crippen molar-refractivity contribution < 1.29 is 0 Å². The summed E-state index contributed by atoms with van der Waals surface area (Å²) in [6.45, 7) is 5.41. The van der Waals surface area contributed by atoms with Crippen LogP contribution in [-0.4, -0.2) is 38.8 Å². The van der Waals surface area contributed by atoms with Crippen molar-refractivity contribution >= 4 is 0 Å². The van der Waals surface area contributed by atoms with E-state index in [0.717, 1.165) is 26.1 Å². The second-order valence-corrected chi connectivity index (χ2v) is 2.70. The molecular formula is C8H22N4. The molecule has 0 bridgehead atoms. The molecule has 0 saturated carbocycles. The quantitative estimate of drug-likeness (QED) is 0.356. The lowest BCUT2D eigenvalue weighted by Gasteiger charge is -2.19. The summed E-state index contributed by atoms with van der Waals surface area (Å²) >= 11 is 0. The van der Waals surface area contributed by atoms with Crippen LogP contribution >= 0.6 is 0 Å². The van der Waals surface area contributed by atoms with Gasteiger partial charge in [-0.2, -0.15) is 5.12 Å². The van der Waals surface area contributed by atoms with Gasteiger partial charge in [-0.05, 0) is 25.9 Å². The number of nitrogens with zero attached hydrogens (tertiary/aromatic N) is 1. The number of hydrogen-bond donors (Lipinski definition) is 3. The Morgan fingerprint density at radius 3 is 2.25 bits per heavy atom. The smallest absolute Gasteiger partial charge is 0.0300 e. The van der Waals surface area contributed by atoms with Crippen LogP contribution in [0.2, 0.25) is 0 Å². The van der Waals surface area contributed by atoms with Crippen molar-refractivity contribution in [2.75, 3.05) is 33.7 Å². The van der Waals surface area contributed by atoms with Gasteiger partial charge in [-0.1, -0.05) is 6.92 Å². The molecule has 74 valence electrons. The van der Waals surface area contributed by atoms with Crippen LogP contribution in [0.3, 0.4) is 0 Å². The number of rotatable bonds is 8. The van der Waals surface area contributed by atoms with Crippen molar-refractivity contribution in [1.29, 1.82) is 0 Å². The molecule has 0 atom stereocenters. The molecule has 0 saturated heterocycles. The fourth-order valence-electron chi connectivity index (χ4n) is 0.999. The van der Waals surface area contributed by atoms with E-state index in [1.807, 2.05) is 19.2 Å². The average Bonchev–Trinajstić information content (AvgIpc) is 2.11. The first-order chi connectivity index (χ1) is 5.85. The zero-order chi connectivity index (χ0) is 9.23. The van der Waals surface area contributed by atoms with Crippen LogP contribution in [0, 0.1) is 0 Å². The lowest BCUT2D eigenvalue weighted by molar-refractivity contribution is 0.143. The lowest BCUT2D eigenvalue weighted by Crippen LogP contribution is -2.45. The Bertz CT molecular complexity index is 83.1. The van der Waals surface area contributed by atoms with Gasteiger partial charge in [0.15, 0.2) is 0 Å². The standard InChI is InChI=1S/C8H22N4/c1-4-6-11-7-5-8-12(9-2)10-3/h9-11H,4-8H2,1-3H3. The monoisotopic (exact) mass is 174 g/mol. The van der Waals surface area contributed by atoms with E-state index >= 15 is 0 Å². The summed E-state index contributed by atoms with van der Waals surface area (Å²) in [6.07, 6.45) is 2.36. The highest BCUT2D eigenvalue weighted by Crippen LogP contribution is 1.80. The van der Waals surface area contributed by atoms with E-state index < -0.39 is 0 Å². The maximum Gasteiger partial charge on any atom is 0.0300 e. The van der Waals surface area contributed by atoms with Gasteiger partial charge in [0.1, 0.15) is 0 Å². The third kappa shape index (κ3) is 6.54. The summed E-state index contributed by atoms with van der Waals surface area (Å²) in [5, 5.41) is 5.32. The van der Waals surface area contributed by atoms with Crippen LogP contribution in [0.15, 0.2) is 0 Å². The summed E-state index contributed by atoms with van der Waals surface area (Å²) in [5.74, 6) is 0. The van der Waals surface area contributed by atoms with Crippen LogP contribution < -0.4 is 16.2 Å². The molecule has 0 aromatic rings. The predicted octanol–water partition coefficient (Wildman–Crippen LogP) is -0.0531. The molecule has 0 aliphatic rings. The molecule has 0 heterocycles. The number of hydrazine groups is 2. The van der Waals surface area contributed by atoms with Gasteiger partial charge in [0, 0.05) is 20.6 Å². The van der Waals surface area contributed by atoms with Gasteiger partial charge in [-0.3, -0.25) is 0 Å². The zero-order valence-corrected chi connectivity index (χ0v) is 8.48. The highest BCUT2D eigenvalue weighted by molar-refractivity contribution is 4.48. The molecule has 4 heteroatoms. The van der Waals surface area contributed by atoms with Crippen LogP contribution in [-0.2, 0) is 0 Å². The van der Waals surface area contributed by atoms with E-state index in [-0.39, 0.29) is 0 Å². The van der Waals surface area contributed by atoms with Crippen LogP contribution in [0.25, 0.3) is 0 Å². The molecular weight excluding hydrogens is 152 g/mol. The van der Waals surface area contributed by atoms with Crippen molar-refractivity contribution in [2.45, 2.75) is 19.8 Å². The van der Waals surface area contributed by atoms with Gasteiger partial charge in [0.25, 0.3) is 0 Å². The molecule has 0 aliphatic heterocycles. The van der Waals surface area contributed by atoms with Crippen molar-refractivity contribution in [3.05, 3.63) is 0 Å². The zero-order valence-electron chi connectivity index (χ0n) is 8.48. The Morgan fingerprint density at radius 2 is 1.75 bits per heavy atom. The molecule has 0 aliphatic carbocycles. The molecule has 0 aromatic carbocycles. The Balaban J connectivity index is 3.06. The Kier molecular flexibility index (Phi) is 8.81. The van der Waals surface area contributed by atoms with E-state index in [1.54, 1.807) is 0 Å². The average molecular weight is 174 g/mol. The fourth-order valence-corrected chi connectivity index (χ4v) is 0.999. The van der Waals surface area contributed by atoms with E-state index in [2.05, 4.69) is 23.1 Å². The fraction of sp³-hybridized carbons (Fsp3) is 1.00. The van der Waals surface area contributed by atoms with Gasteiger partial charge >= 0.3 is 0 Å². The molecule has 0 amide bonds. The number of nitrogens with one attached hydrogen (secondary N) is 3. The summed E-state index contributed by atoms with van der Waals surface area (Å²) in [6, 6.07) is 0. The van der Waals surface area contributed by atoms with Crippen LogP contribution in [0.4, 0.5) is 0 Å². The lowest BCUT2D eigenvalue weighted by atomic mass is 10.4. The van der Waals surface area contributed by atoms with Crippen molar-refractivity contribution in [2.24, 2.45) is 0 Å². The second kappa shape index (κ2) is 8.93. The molecule has 0 aromatic heterocycles. The third-order valence-electron chi connectivity index (χ3n) is 1.70. The largest absolute Gasteiger partial charge is 0.317 e. The minimum Gasteiger partial charge on any atom is -0.317 e. The first kappa shape index (κ1) is 11.8. The van der Waals surface area contributed by atoms with Crippen molar-refractivity contribution in [3.63, 3.8) is 0 Å². The first-order valence-corrected chi connectivity index (χ1v) is 4.68. The van der Waals surface area contributed by atoms with Crippen LogP contribution in [0.1, 0.15) is 19.8 Å².